The van der Waals surface area contributed by atoms with E-state index in [0.717, 1.165) is 0 Å². The fourth-order valence-electron chi connectivity index (χ4n) is 3.34. The Bertz CT molecular complexity index is 1240. The van der Waals surface area contributed by atoms with E-state index in [1.807, 2.05) is 0 Å². The van der Waals surface area contributed by atoms with Crippen molar-refractivity contribution in [1.29, 1.82) is 0 Å². The first-order valence-corrected chi connectivity index (χ1v) is 11.6. The van der Waals surface area contributed by atoms with E-state index in [2.05, 4.69) is 10.6 Å². The number of hydrogen-bond acceptors (Lipinski definition) is 7. The number of rotatable bonds is 11. The average molecular weight is 504 g/mol. The molecular weight excluding hydrogens is 474 g/mol. The standard InChI is InChI=1S/C28H29N3O6/c1-19(33)20-9-13-22(14-10-20)30-28(35)37-26(21-11-15-23(16-12-21)36-18-17-32)7-4-8-27(34)31-25-6-3-2-5-24(25)29/h2-6,8-16,26,32H,7,17-18,29H2,1H3,(H,30,35)(H,31,34)/b8-4+/t26-/m0/s1. The van der Waals surface area contributed by atoms with Crippen LogP contribution in [0.2, 0.25) is 0 Å². The molecule has 2 amide bonds. The molecule has 0 unspecified atom stereocenters. The molecule has 0 bridgehead atoms. The van der Waals surface area contributed by atoms with Crippen LogP contribution >= 0.6 is 0 Å². The SMILES string of the molecule is CC(=O)c1ccc(NC(=O)O[C@@H](C/C=C/C(=O)Nc2ccccc2N)c2ccc(OCCO)cc2)cc1. The van der Waals surface area contributed by atoms with Gasteiger partial charge in [-0.25, -0.2) is 4.79 Å². The lowest BCUT2D eigenvalue weighted by Gasteiger charge is -2.18. The lowest BCUT2D eigenvalue weighted by Crippen LogP contribution is -2.17. The predicted octanol–water partition coefficient (Wildman–Crippen LogP) is 4.72. The number of carbonyl (C=O) groups excluding carboxylic acids is 3. The van der Waals surface area contributed by atoms with Gasteiger partial charge in [0.05, 0.1) is 18.0 Å². The molecule has 0 aliphatic heterocycles. The summed E-state index contributed by atoms with van der Waals surface area (Å²) in [5.74, 6) is 0.104. The highest BCUT2D eigenvalue weighted by atomic mass is 16.6. The third-order valence-electron chi connectivity index (χ3n) is 5.24. The third kappa shape index (κ3) is 8.52. The second kappa shape index (κ2) is 13.5. The molecule has 0 saturated carbocycles. The molecule has 3 rings (SSSR count). The number of Topliss-reactive ketones (excluding diaryl/α,β-unsaturated/α-hetero) is 1. The van der Waals surface area contributed by atoms with Gasteiger partial charge in [0.1, 0.15) is 18.5 Å². The molecule has 0 spiro atoms. The van der Waals surface area contributed by atoms with E-state index in [-0.39, 0.29) is 31.3 Å². The minimum Gasteiger partial charge on any atom is -0.491 e. The minimum atomic E-state index is -0.714. The molecule has 9 nitrogen and oxygen atoms in total. The van der Waals surface area contributed by atoms with Crippen molar-refractivity contribution in [2.45, 2.75) is 19.4 Å². The van der Waals surface area contributed by atoms with Crippen LogP contribution in [0.4, 0.5) is 21.9 Å². The van der Waals surface area contributed by atoms with Crippen molar-refractivity contribution >= 4 is 34.8 Å². The highest BCUT2D eigenvalue weighted by Crippen LogP contribution is 2.25. The number of aliphatic hydroxyl groups excluding tert-OH is 1. The Morgan fingerprint density at radius 2 is 1.68 bits per heavy atom. The largest absolute Gasteiger partial charge is 0.491 e. The lowest BCUT2D eigenvalue weighted by atomic mass is 10.1. The fourth-order valence-corrected chi connectivity index (χ4v) is 3.34. The highest BCUT2D eigenvalue weighted by molar-refractivity contribution is 6.01. The van der Waals surface area contributed by atoms with Crippen molar-refractivity contribution in [3.8, 4) is 5.75 Å². The van der Waals surface area contributed by atoms with E-state index in [9.17, 15) is 14.4 Å². The highest BCUT2D eigenvalue weighted by Gasteiger charge is 2.17. The monoisotopic (exact) mass is 503 g/mol. The van der Waals surface area contributed by atoms with Crippen molar-refractivity contribution in [2.75, 3.05) is 29.6 Å². The number of aliphatic hydroxyl groups is 1. The minimum absolute atomic E-state index is 0.0774. The second-order valence-electron chi connectivity index (χ2n) is 8.01. The number of ketones is 1. The summed E-state index contributed by atoms with van der Waals surface area (Å²) in [6.07, 6.45) is 1.75. The smallest absolute Gasteiger partial charge is 0.412 e. The van der Waals surface area contributed by atoms with Crippen LogP contribution in [0.5, 0.6) is 5.75 Å². The molecule has 0 fully saturated rings. The van der Waals surface area contributed by atoms with Gasteiger partial charge < -0.3 is 25.6 Å². The summed E-state index contributed by atoms with van der Waals surface area (Å²) >= 11 is 0. The maximum absolute atomic E-state index is 12.6. The Hall–Kier alpha value is -4.63. The molecule has 0 aliphatic rings. The molecule has 5 N–H and O–H groups in total. The van der Waals surface area contributed by atoms with Crippen LogP contribution in [0.25, 0.3) is 0 Å². The van der Waals surface area contributed by atoms with Gasteiger partial charge in [-0.2, -0.15) is 0 Å². The third-order valence-corrected chi connectivity index (χ3v) is 5.24. The zero-order valence-corrected chi connectivity index (χ0v) is 20.3. The summed E-state index contributed by atoms with van der Waals surface area (Å²) in [6.45, 7) is 1.51. The summed E-state index contributed by atoms with van der Waals surface area (Å²) in [6, 6.07) is 20.2. The summed E-state index contributed by atoms with van der Waals surface area (Å²) in [5.41, 5.74) is 8.48. The van der Waals surface area contributed by atoms with Gasteiger partial charge in [-0.1, -0.05) is 30.3 Å². The second-order valence-corrected chi connectivity index (χ2v) is 8.01. The Balaban J connectivity index is 1.69. The Labute approximate surface area is 214 Å². The van der Waals surface area contributed by atoms with Gasteiger partial charge in [0.25, 0.3) is 0 Å². The van der Waals surface area contributed by atoms with Gasteiger partial charge in [0.2, 0.25) is 5.91 Å². The average Bonchev–Trinajstić information content (AvgIpc) is 2.89. The number of amides is 2. The van der Waals surface area contributed by atoms with Crippen LogP contribution in [-0.4, -0.2) is 36.1 Å². The molecule has 1 atom stereocenters. The molecule has 0 radical (unpaired) electrons. The normalized spacial score (nSPS) is 11.5. The van der Waals surface area contributed by atoms with Gasteiger partial charge in [-0.3, -0.25) is 14.9 Å². The number of hydrogen-bond donors (Lipinski definition) is 4. The van der Waals surface area contributed by atoms with E-state index >= 15 is 0 Å². The summed E-state index contributed by atoms with van der Waals surface area (Å²) in [7, 11) is 0. The topological polar surface area (TPSA) is 140 Å². The number of carbonyl (C=O) groups is 3. The number of ether oxygens (including phenoxy) is 2. The Morgan fingerprint density at radius 3 is 2.32 bits per heavy atom. The fraction of sp³-hybridized carbons (Fsp3) is 0.179. The number of para-hydroxylation sites is 2. The van der Waals surface area contributed by atoms with E-state index in [0.29, 0.717) is 33.9 Å². The van der Waals surface area contributed by atoms with Gasteiger partial charge in [0, 0.05) is 17.7 Å². The zero-order valence-electron chi connectivity index (χ0n) is 20.3. The molecule has 0 heterocycles. The first-order chi connectivity index (χ1) is 17.9. The van der Waals surface area contributed by atoms with Crippen LogP contribution in [0, 0.1) is 0 Å². The number of nitrogens with one attached hydrogen (secondary N) is 2. The van der Waals surface area contributed by atoms with Crippen LogP contribution in [0.1, 0.15) is 35.4 Å². The molecule has 37 heavy (non-hydrogen) atoms. The van der Waals surface area contributed by atoms with Crippen LogP contribution < -0.4 is 21.1 Å². The number of benzene rings is 3. The maximum Gasteiger partial charge on any atom is 0.412 e. The van der Waals surface area contributed by atoms with Crippen LogP contribution in [0.3, 0.4) is 0 Å². The number of anilines is 3. The van der Waals surface area contributed by atoms with E-state index in [1.165, 1.54) is 13.0 Å². The summed E-state index contributed by atoms with van der Waals surface area (Å²) in [4.78, 5) is 36.4. The zero-order chi connectivity index (χ0) is 26.6. The molecule has 3 aromatic carbocycles. The van der Waals surface area contributed by atoms with Crippen molar-refractivity contribution in [3.05, 3.63) is 96.1 Å². The first kappa shape index (κ1) is 27.0. The van der Waals surface area contributed by atoms with E-state index in [1.54, 1.807) is 78.9 Å². The number of nitrogens with two attached hydrogens (primary N) is 1. The molecule has 192 valence electrons. The van der Waals surface area contributed by atoms with Crippen molar-refractivity contribution in [1.82, 2.24) is 0 Å². The lowest BCUT2D eigenvalue weighted by molar-refractivity contribution is -0.111. The molecule has 9 heteroatoms. The quantitative estimate of drug-likeness (QED) is 0.169. The van der Waals surface area contributed by atoms with Gasteiger partial charge in [-0.15, -0.1) is 0 Å². The van der Waals surface area contributed by atoms with Crippen molar-refractivity contribution < 1.29 is 29.0 Å². The van der Waals surface area contributed by atoms with E-state index < -0.39 is 12.2 Å². The molecule has 0 aliphatic carbocycles. The maximum atomic E-state index is 12.6. The number of nitrogen functional groups attached to an aromatic ring is 1. The van der Waals surface area contributed by atoms with Gasteiger partial charge in [0.15, 0.2) is 5.78 Å². The van der Waals surface area contributed by atoms with Crippen molar-refractivity contribution in [2.24, 2.45) is 0 Å². The summed E-state index contributed by atoms with van der Waals surface area (Å²) < 4.78 is 11.0. The summed E-state index contributed by atoms with van der Waals surface area (Å²) in [5, 5.41) is 14.3. The molecular formula is C28H29N3O6. The van der Waals surface area contributed by atoms with Gasteiger partial charge in [-0.05, 0) is 67.1 Å². The van der Waals surface area contributed by atoms with Gasteiger partial charge >= 0.3 is 6.09 Å². The van der Waals surface area contributed by atoms with E-state index in [4.69, 9.17) is 20.3 Å². The van der Waals surface area contributed by atoms with Crippen LogP contribution in [-0.2, 0) is 9.53 Å². The Morgan fingerprint density at radius 1 is 0.973 bits per heavy atom. The molecule has 0 aromatic heterocycles. The molecule has 0 saturated heterocycles. The van der Waals surface area contributed by atoms with Crippen LogP contribution in [0.15, 0.2) is 84.9 Å². The van der Waals surface area contributed by atoms with Crippen molar-refractivity contribution in [3.63, 3.8) is 0 Å². The predicted molar refractivity (Wildman–Crippen MR) is 142 cm³/mol. The first-order valence-electron chi connectivity index (χ1n) is 11.6. The molecule has 3 aromatic rings. The Kier molecular flexibility index (Phi) is 9.81.